The van der Waals surface area contributed by atoms with Gasteiger partial charge in [-0.2, -0.15) is 4.28 Å². The topological polar surface area (TPSA) is 56.8 Å². The van der Waals surface area contributed by atoms with Gasteiger partial charge in [0, 0.05) is 38.8 Å². The summed E-state index contributed by atoms with van der Waals surface area (Å²) in [5, 5.41) is 20.1. The Morgan fingerprint density at radius 1 is 0.545 bits per heavy atom. The van der Waals surface area contributed by atoms with Crippen LogP contribution in [0.2, 0.25) is 0 Å². The van der Waals surface area contributed by atoms with E-state index in [9.17, 15) is 5.11 Å². The summed E-state index contributed by atoms with van der Waals surface area (Å²) in [6.45, 7) is 12.7. The first-order chi connectivity index (χ1) is 21.0. The molecule has 0 saturated heterocycles. The van der Waals surface area contributed by atoms with Crippen molar-refractivity contribution in [1.29, 1.82) is 0 Å². The van der Waals surface area contributed by atoms with Gasteiger partial charge in [0.1, 0.15) is 5.75 Å². The van der Waals surface area contributed by atoms with E-state index >= 15 is 0 Å². The summed E-state index contributed by atoms with van der Waals surface area (Å²) < 4.78 is 6.52. The Kier molecular flexibility index (Phi) is 9.23. The molecule has 0 aliphatic heterocycles. The van der Waals surface area contributed by atoms with Gasteiger partial charge in [-0.05, 0) is 95.8 Å². The van der Waals surface area contributed by atoms with Gasteiger partial charge in [0.05, 0.1) is 23.4 Å². The van der Waals surface area contributed by atoms with E-state index in [2.05, 4.69) is 52.2 Å². The van der Waals surface area contributed by atoms with E-state index < -0.39 is 0 Å². The van der Waals surface area contributed by atoms with Crippen molar-refractivity contribution in [3.63, 3.8) is 0 Å². The molecule has 0 radical (unpaired) electrons. The molecule has 3 N–H and O–H groups in total. The summed E-state index contributed by atoms with van der Waals surface area (Å²) >= 11 is 1.29. The van der Waals surface area contributed by atoms with Crippen LogP contribution in [0.3, 0.4) is 0 Å². The van der Waals surface area contributed by atoms with Crippen LogP contribution in [0.1, 0.15) is 52.7 Å². The minimum absolute atomic E-state index is 0.274. The van der Waals surface area contributed by atoms with E-state index in [4.69, 9.17) is 4.28 Å². The third-order valence-corrected chi connectivity index (χ3v) is 7.92. The van der Waals surface area contributed by atoms with Crippen LogP contribution in [0, 0.1) is 0 Å². The van der Waals surface area contributed by atoms with E-state index in [0.717, 1.165) is 50.1 Å². The minimum atomic E-state index is -0.274. The van der Waals surface area contributed by atoms with Crippen LogP contribution < -0.4 is 15.7 Å². The summed E-state index contributed by atoms with van der Waals surface area (Å²) in [4.78, 5) is 0.960. The van der Waals surface area contributed by atoms with E-state index in [1.165, 1.54) is 12.0 Å². The molecule has 5 aromatic carbocycles. The quantitative estimate of drug-likeness (QED) is 0.115. The number of phenols is 1. The molecule has 0 aromatic heterocycles. The van der Waals surface area contributed by atoms with Crippen LogP contribution in [-0.2, 0) is 15.1 Å². The van der Waals surface area contributed by atoms with Crippen LogP contribution in [0.25, 0.3) is 0 Å². The molecule has 0 fully saturated rings. The highest BCUT2D eigenvalue weighted by Crippen LogP contribution is 2.44. The standard InChI is InChI=1S/C38H41N3O2S/c1-37(2,3)34-25-32(26-35(36(34)42)38(4,5)6)41(31-21-17-29(18-22-31)39-27-13-9-7-10-14-27)43-44-33-23-19-30(20-24-33)40-28-15-11-8-12-16-28/h7-26,39-40,42H,1-6H3. The molecule has 5 nitrogen and oxygen atoms in total. The lowest BCUT2D eigenvalue weighted by molar-refractivity contribution is 0.380. The fraction of sp³-hybridized carbons (Fsp3) is 0.211. The average Bonchev–Trinajstić information content (AvgIpc) is 2.99. The smallest absolute Gasteiger partial charge is 0.123 e. The van der Waals surface area contributed by atoms with Crippen molar-refractivity contribution in [2.45, 2.75) is 57.3 Å². The number of benzene rings is 5. The maximum Gasteiger partial charge on any atom is 0.123 e. The second-order valence-corrected chi connectivity index (χ2v) is 13.7. The maximum atomic E-state index is 11.4. The van der Waals surface area contributed by atoms with Crippen LogP contribution >= 0.6 is 12.0 Å². The van der Waals surface area contributed by atoms with Crippen LogP contribution in [0.4, 0.5) is 34.1 Å². The Morgan fingerprint density at radius 3 is 1.39 bits per heavy atom. The predicted molar refractivity (Wildman–Crippen MR) is 187 cm³/mol. The number of rotatable bonds is 9. The number of aromatic hydroxyl groups is 1. The number of anilines is 6. The normalized spacial score (nSPS) is 11.7. The van der Waals surface area contributed by atoms with Crippen molar-refractivity contribution in [2.24, 2.45) is 0 Å². The van der Waals surface area contributed by atoms with Gasteiger partial charge >= 0.3 is 0 Å². The van der Waals surface area contributed by atoms with Gasteiger partial charge in [-0.25, -0.2) is 5.06 Å². The van der Waals surface area contributed by atoms with Crippen molar-refractivity contribution in [3.8, 4) is 5.75 Å². The molecule has 5 rings (SSSR count). The Morgan fingerprint density at radius 2 is 0.955 bits per heavy atom. The fourth-order valence-corrected chi connectivity index (χ4v) is 5.43. The second-order valence-electron chi connectivity index (χ2n) is 12.9. The van der Waals surface area contributed by atoms with E-state index in [-0.39, 0.29) is 10.8 Å². The minimum Gasteiger partial charge on any atom is -0.507 e. The van der Waals surface area contributed by atoms with Crippen molar-refractivity contribution < 1.29 is 9.39 Å². The third-order valence-electron chi connectivity index (χ3n) is 7.23. The number of para-hydroxylation sites is 2. The summed E-state index contributed by atoms with van der Waals surface area (Å²) in [6.07, 6.45) is 0. The van der Waals surface area contributed by atoms with Gasteiger partial charge in [0.2, 0.25) is 0 Å². The van der Waals surface area contributed by atoms with Crippen LogP contribution in [-0.4, -0.2) is 5.11 Å². The molecular formula is C38H41N3O2S. The van der Waals surface area contributed by atoms with E-state index in [1.54, 1.807) is 0 Å². The largest absolute Gasteiger partial charge is 0.507 e. The number of nitrogens with one attached hydrogen (secondary N) is 2. The Hall–Kier alpha value is -4.39. The zero-order chi connectivity index (χ0) is 31.3. The molecule has 5 aromatic rings. The van der Waals surface area contributed by atoms with Gasteiger partial charge < -0.3 is 15.7 Å². The number of hydrogen-bond acceptors (Lipinski definition) is 6. The molecule has 0 unspecified atom stereocenters. The molecule has 0 spiro atoms. The first-order valence-electron chi connectivity index (χ1n) is 14.8. The highest BCUT2D eigenvalue weighted by atomic mass is 32.2. The molecule has 0 heterocycles. The fourth-order valence-electron chi connectivity index (χ4n) is 4.85. The molecule has 0 aliphatic carbocycles. The molecule has 44 heavy (non-hydrogen) atoms. The number of hydrogen-bond donors (Lipinski definition) is 3. The van der Waals surface area contributed by atoms with Crippen LogP contribution in [0.15, 0.2) is 126 Å². The lowest BCUT2D eigenvalue weighted by Crippen LogP contribution is -2.20. The van der Waals surface area contributed by atoms with Gasteiger partial charge in [-0.3, -0.25) is 0 Å². The Balaban J connectivity index is 1.47. The highest BCUT2D eigenvalue weighted by Gasteiger charge is 2.28. The number of phenolic OH excluding ortho intramolecular Hbond substituents is 1. The zero-order valence-electron chi connectivity index (χ0n) is 26.3. The lowest BCUT2D eigenvalue weighted by Gasteiger charge is -2.31. The molecule has 0 atom stereocenters. The van der Waals surface area contributed by atoms with Crippen molar-refractivity contribution in [1.82, 2.24) is 0 Å². The summed E-state index contributed by atoms with van der Waals surface area (Å²) in [5.41, 5.74) is 6.95. The van der Waals surface area contributed by atoms with Gasteiger partial charge in [-0.1, -0.05) is 77.9 Å². The monoisotopic (exact) mass is 603 g/mol. The Labute approximate surface area is 266 Å². The van der Waals surface area contributed by atoms with Gasteiger partial charge in [0.15, 0.2) is 0 Å². The van der Waals surface area contributed by atoms with Crippen LogP contribution in [0.5, 0.6) is 5.75 Å². The molecule has 226 valence electrons. The molecule has 0 aliphatic rings. The van der Waals surface area contributed by atoms with Crippen molar-refractivity contribution in [2.75, 3.05) is 15.7 Å². The van der Waals surface area contributed by atoms with E-state index in [1.807, 2.05) is 126 Å². The lowest BCUT2D eigenvalue weighted by atomic mass is 9.79. The van der Waals surface area contributed by atoms with Crippen molar-refractivity contribution >= 4 is 46.2 Å². The highest BCUT2D eigenvalue weighted by molar-refractivity contribution is 7.94. The van der Waals surface area contributed by atoms with Gasteiger partial charge in [-0.15, -0.1) is 0 Å². The summed E-state index contributed by atoms with van der Waals surface area (Å²) in [5.74, 6) is 0.338. The average molecular weight is 604 g/mol. The Bertz CT molecular complexity index is 1620. The molecule has 6 heteroatoms. The number of nitrogens with zero attached hydrogens (tertiary/aromatic N) is 1. The molecule has 0 saturated carbocycles. The van der Waals surface area contributed by atoms with Crippen molar-refractivity contribution in [3.05, 3.63) is 132 Å². The molecule has 0 bridgehead atoms. The first-order valence-corrected chi connectivity index (χ1v) is 15.6. The third kappa shape index (κ3) is 7.76. The summed E-state index contributed by atoms with van der Waals surface area (Å²) in [7, 11) is 0. The van der Waals surface area contributed by atoms with Gasteiger partial charge in [0.25, 0.3) is 0 Å². The predicted octanol–water partition coefficient (Wildman–Crippen LogP) is 11.3. The zero-order valence-corrected chi connectivity index (χ0v) is 27.1. The first kappa shape index (κ1) is 31.0. The molecule has 0 amide bonds. The second kappa shape index (κ2) is 13.1. The van der Waals surface area contributed by atoms with E-state index in [0.29, 0.717) is 5.75 Å². The molecular weight excluding hydrogens is 563 g/mol. The summed E-state index contributed by atoms with van der Waals surface area (Å²) in [6, 6.07) is 40.6. The maximum absolute atomic E-state index is 11.4. The SMILES string of the molecule is CC(C)(C)c1cc(N(OSc2ccc(Nc3ccccc3)cc2)c2ccc(Nc3ccccc3)cc2)cc(C(C)(C)C)c1O.